The average molecular weight is 401 g/mol. The van der Waals surface area contributed by atoms with E-state index < -0.39 is 35.8 Å². The van der Waals surface area contributed by atoms with Gasteiger partial charge in [0.15, 0.2) is 11.9 Å². The fourth-order valence-electron chi connectivity index (χ4n) is 3.62. The molecule has 3 atom stereocenters. The zero-order valence-electron chi connectivity index (χ0n) is 17.4. The maximum atomic E-state index is 11.1. The Labute approximate surface area is 169 Å². The molecule has 0 saturated heterocycles. The minimum absolute atomic E-state index is 0.362. The number of aliphatic hydroxyl groups excluding tert-OH is 4. The molecule has 28 heavy (non-hydrogen) atoms. The summed E-state index contributed by atoms with van der Waals surface area (Å²) in [5.74, 6) is -2.68. The lowest BCUT2D eigenvalue weighted by Crippen LogP contribution is -2.39. The molecule has 0 saturated carbocycles. The molecule has 1 aliphatic heterocycles. The molecule has 4 N–H and O–H groups in total. The number of hydrogen-bond acceptors (Lipinski definition) is 6. The van der Waals surface area contributed by atoms with Crippen molar-refractivity contribution in [2.24, 2.45) is 0 Å². The lowest BCUT2D eigenvalue weighted by molar-refractivity contribution is -0.150. The lowest BCUT2D eigenvalue weighted by atomic mass is 10.00. The third kappa shape index (κ3) is 9.28. The van der Waals surface area contributed by atoms with Crippen molar-refractivity contribution in [2.45, 2.75) is 122 Å². The van der Waals surface area contributed by atoms with Gasteiger partial charge in [-0.2, -0.15) is 0 Å². The number of rotatable bonds is 17. The zero-order chi connectivity index (χ0) is 20.8. The molecule has 1 unspecified atom stereocenters. The zero-order valence-corrected chi connectivity index (χ0v) is 17.4. The third-order valence-electron chi connectivity index (χ3n) is 5.50. The first-order chi connectivity index (χ1) is 13.5. The van der Waals surface area contributed by atoms with Crippen LogP contribution in [-0.2, 0) is 9.53 Å². The summed E-state index contributed by atoms with van der Waals surface area (Å²) < 4.78 is 4.67. The molecule has 6 nitrogen and oxygen atoms in total. The smallest absolute Gasteiger partial charge is 0.377 e. The molecule has 0 aromatic rings. The Hall–Kier alpha value is -1.27. The van der Waals surface area contributed by atoms with Crippen molar-refractivity contribution in [1.82, 2.24) is 0 Å². The molecule has 1 aliphatic rings. The van der Waals surface area contributed by atoms with Crippen LogP contribution in [0.4, 0.5) is 0 Å². The first-order valence-corrected chi connectivity index (χ1v) is 11.2. The topological polar surface area (TPSA) is 107 Å². The molecule has 0 fully saturated rings. The molecule has 1 rings (SSSR count). The normalized spacial score (nSPS) is 19.1. The van der Waals surface area contributed by atoms with Crippen molar-refractivity contribution in [2.75, 3.05) is 0 Å². The first kappa shape index (κ1) is 24.8. The molecule has 164 valence electrons. The number of carbonyl (C=O) groups is 1. The Morgan fingerprint density at radius 3 is 1.61 bits per heavy atom. The maximum absolute atomic E-state index is 11.1. The van der Waals surface area contributed by atoms with Crippen LogP contribution in [0.5, 0.6) is 0 Å². The second-order valence-electron chi connectivity index (χ2n) is 8.00. The van der Waals surface area contributed by atoms with Gasteiger partial charge in [0, 0.05) is 0 Å². The van der Waals surface area contributed by atoms with Crippen LogP contribution >= 0.6 is 0 Å². The van der Waals surface area contributed by atoms with Crippen LogP contribution in [0.1, 0.15) is 103 Å². The van der Waals surface area contributed by atoms with Gasteiger partial charge in [0.2, 0.25) is 5.76 Å². The van der Waals surface area contributed by atoms with E-state index in [0.29, 0.717) is 6.42 Å². The highest BCUT2D eigenvalue weighted by molar-refractivity contribution is 5.89. The van der Waals surface area contributed by atoms with Crippen molar-refractivity contribution >= 4 is 5.97 Å². The highest BCUT2D eigenvalue weighted by Crippen LogP contribution is 2.24. The van der Waals surface area contributed by atoms with Crippen molar-refractivity contribution < 1.29 is 30.0 Å². The Morgan fingerprint density at radius 1 is 0.786 bits per heavy atom. The molecule has 0 aromatic carbocycles. The van der Waals surface area contributed by atoms with E-state index in [2.05, 4.69) is 11.7 Å². The standard InChI is InChI=1S/C22H40O6/c1-2-3-4-5-6-7-8-9-10-11-12-13-14-15-16-17(23)18(24)21-19(25)20(26)22(27)28-21/h17-18,21,23-26H,2-16H2,1H3/t17?,18-,21+/m0/s1. The number of carbonyl (C=O) groups excluding carboxylic acids is 1. The molecule has 0 bridgehead atoms. The van der Waals surface area contributed by atoms with Gasteiger partial charge >= 0.3 is 5.97 Å². The number of cyclic esters (lactones) is 1. The SMILES string of the molecule is CCCCCCCCCCCCCCCCC(O)[C@H](O)[C@H]1OC(=O)C(O)=C1O. The van der Waals surface area contributed by atoms with Crippen molar-refractivity contribution in [3.05, 3.63) is 11.5 Å². The molecule has 0 amide bonds. The van der Waals surface area contributed by atoms with E-state index in [9.17, 15) is 25.2 Å². The number of unbranched alkanes of at least 4 members (excludes halogenated alkanes) is 13. The predicted molar refractivity (Wildman–Crippen MR) is 109 cm³/mol. The van der Waals surface area contributed by atoms with E-state index in [1.807, 2.05) is 0 Å². The number of hydrogen-bond donors (Lipinski definition) is 4. The van der Waals surface area contributed by atoms with Gasteiger partial charge in [-0.25, -0.2) is 4.79 Å². The molecule has 1 heterocycles. The van der Waals surface area contributed by atoms with Crippen molar-refractivity contribution in [3.63, 3.8) is 0 Å². The van der Waals surface area contributed by atoms with Crippen LogP contribution in [0.2, 0.25) is 0 Å². The van der Waals surface area contributed by atoms with Gasteiger partial charge in [-0.3, -0.25) is 0 Å². The second-order valence-corrected chi connectivity index (χ2v) is 8.00. The van der Waals surface area contributed by atoms with Crippen molar-refractivity contribution in [1.29, 1.82) is 0 Å². The molecule has 6 heteroatoms. The maximum Gasteiger partial charge on any atom is 0.377 e. The monoisotopic (exact) mass is 400 g/mol. The van der Waals surface area contributed by atoms with Gasteiger partial charge in [0.1, 0.15) is 6.10 Å². The summed E-state index contributed by atoms with van der Waals surface area (Å²) in [5.41, 5.74) is 0. The lowest BCUT2D eigenvalue weighted by Gasteiger charge is -2.22. The molecule has 0 spiro atoms. The Balaban J connectivity index is 1.94. The van der Waals surface area contributed by atoms with Crippen LogP contribution < -0.4 is 0 Å². The summed E-state index contributed by atoms with van der Waals surface area (Å²) in [6.07, 6.45) is 13.8. The molecular weight excluding hydrogens is 360 g/mol. The summed E-state index contributed by atoms with van der Waals surface area (Å²) in [5, 5.41) is 38.8. The molecule has 0 aliphatic carbocycles. The van der Waals surface area contributed by atoms with Gasteiger partial charge in [-0.15, -0.1) is 0 Å². The average Bonchev–Trinajstić information content (AvgIpc) is 2.94. The fraction of sp³-hybridized carbons (Fsp3) is 0.864. The summed E-state index contributed by atoms with van der Waals surface area (Å²) >= 11 is 0. The minimum Gasteiger partial charge on any atom is -0.505 e. The van der Waals surface area contributed by atoms with Gasteiger partial charge < -0.3 is 25.2 Å². The van der Waals surface area contributed by atoms with Gasteiger partial charge in [0.05, 0.1) is 6.10 Å². The van der Waals surface area contributed by atoms with E-state index in [-0.39, 0.29) is 0 Å². The van der Waals surface area contributed by atoms with Crippen LogP contribution in [0.15, 0.2) is 11.5 Å². The Morgan fingerprint density at radius 2 is 1.21 bits per heavy atom. The Kier molecular flexibility index (Phi) is 13.0. The summed E-state index contributed by atoms with van der Waals surface area (Å²) in [6, 6.07) is 0. The van der Waals surface area contributed by atoms with E-state index in [0.717, 1.165) is 19.3 Å². The molecular formula is C22H40O6. The number of aliphatic hydroxyl groups is 4. The predicted octanol–water partition coefficient (Wildman–Crippen LogP) is 4.83. The van der Waals surface area contributed by atoms with Crippen LogP contribution in [0, 0.1) is 0 Å². The van der Waals surface area contributed by atoms with Gasteiger partial charge in [0.25, 0.3) is 0 Å². The largest absolute Gasteiger partial charge is 0.505 e. The fourth-order valence-corrected chi connectivity index (χ4v) is 3.62. The molecule has 0 aromatic heterocycles. The Bertz CT molecular complexity index is 462. The van der Waals surface area contributed by atoms with Crippen LogP contribution in [-0.4, -0.2) is 44.7 Å². The van der Waals surface area contributed by atoms with E-state index in [1.165, 1.54) is 70.6 Å². The highest BCUT2D eigenvalue weighted by atomic mass is 16.6. The molecule has 0 radical (unpaired) electrons. The second kappa shape index (κ2) is 14.7. The van der Waals surface area contributed by atoms with E-state index in [4.69, 9.17) is 0 Å². The van der Waals surface area contributed by atoms with Crippen LogP contribution in [0.3, 0.4) is 0 Å². The van der Waals surface area contributed by atoms with Crippen LogP contribution in [0.25, 0.3) is 0 Å². The summed E-state index contributed by atoms with van der Waals surface area (Å²) in [4.78, 5) is 11.1. The number of esters is 1. The van der Waals surface area contributed by atoms with Gasteiger partial charge in [-0.1, -0.05) is 96.8 Å². The van der Waals surface area contributed by atoms with Gasteiger partial charge in [-0.05, 0) is 6.42 Å². The first-order valence-electron chi connectivity index (χ1n) is 11.2. The summed E-state index contributed by atoms with van der Waals surface area (Å²) in [6.45, 7) is 2.25. The minimum atomic E-state index is -1.43. The highest BCUT2D eigenvalue weighted by Gasteiger charge is 2.41. The number of ether oxygens (including phenoxy) is 1. The van der Waals surface area contributed by atoms with Crippen molar-refractivity contribution in [3.8, 4) is 0 Å². The van der Waals surface area contributed by atoms with E-state index in [1.54, 1.807) is 0 Å². The quantitative estimate of drug-likeness (QED) is 0.206. The summed E-state index contributed by atoms with van der Waals surface area (Å²) in [7, 11) is 0. The van der Waals surface area contributed by atoms with E-state index >= 15 is 0 Å². The third-order valence-corrected chi connectivity index (χ3v) is 5.50.